The summed E-state index contributed by atoms with van der Waals surface area (Å²) in [7, 11) is 0. The van der Waals surface area contributed by atoms with Gasteiger partial charge < -0.3 is 14.2 Å². The molecule has 1 saturated heterocycles. The molecule has 134 valence electrons. The second-order valence-corrected chi connectivity index (χ2v) is 6.97. The highest BCUT2D eigenvalue weighted by molar-refractivity contribution is 9.10. The molecule has 0 saturated carbocycles. The highest BCUT2D eigenvalue weighted by Gasteiger charge is 2.30. The third-order valence-electron chi connectivity index (χ3n) is 4.24. The largest absolute Gasteiger partial charge is 0.480 e. The first-order valence-electron chi connectivity index (χ1n) is 8.14. The van der Waals surface area contributed by atoms with Gasteiger partial charge in [-0.25, -0.2) is 4.39 Å². The van der Waals surface area contributed by atoms with E-state index in [0.717, 1.165) is 12.8 Å². The van der Waals surface area contributed by atoms with Crippen molar-refractivity contribution in [2.45, 2.75) is 38.7 Å². The van der Waals surface area contributed by atoms with Crippen molar-refractivity contribution >= 4 is 21.8 Å². The molecule has 0 radical (unpaired) electrons. The van der Waals surface area contributed by atoms with E-state index in [1.54, 1.807) is 18.7 Å². The van der Waals surface area contributed by atoms with Crippen LogP contribution < -0.4 is 4.74 Å². The third kappa shape index (κ3) is 4.18. The van der Waals surface area contributed by atoms with Crippen LogP contribution in [0.1, 0.15) is 37.4 Å². The molecule has 1 unspecified atom stereocenters. The lowest BCUT2D eigenvalue weighted by Gasteiger charge is -2.32. The first-order valence-corrected chi connectivity index (χ1v) is 8.94. The van der Waals surface area contributed by atoms with E-state index in [0.29, 0.717) is 35.0 Å². The number of aryl methyl sites for hydroxylation is 1. The minimum atomic E-state index is -0.649. The SMILES string of the molecule is Cc1noc(C2CCN(C(=O)C(C)Oc3ccc(F)cc3Br)CC2)n1. The van der Waals surface area contributed by atoms with Crippen LogP contribution in [0.25, 0.3) is 0 Å². The smallest absolute Gasteiger partial charge is 0.263 e. The van der Waals surface area contributed by atoms with E-state index in [1.165, 1.54) is 18.2 Å². The van der Waals surface area contributed by atoms with Crippen molar-refractivity contribution < 1.29 is 18.4 Å². The number of piperidine rings is 1. The molecule has 1 atom stereocenters. The molecule has 25 heavy (non-hydrogen) atoms. The maximum atomic E-state index is 13.1. The van der Waals surface area contributed by atoms with E-state index in [-0.39, 0.29) is 17.6 Å². The average Bonchev–Trinajstić information content (AvgIpc) is 3.03. The Morgan fingerprint density at radius 3 is 2.76 bits per heavy atom. The molecule has 1 aromatic carbocycles. The lowest BCUT2D eigenvalue weighted by molar-refractivity contribution is -0.139. The summed E-state index contributed by atoms with van der Waals surface area (Å²) in [5, 5.41) is 3.82. The van der Waals surface area contributed by atoms with E-state index in [2.05, 4.69) is 26.1 Å². The first kappa shape index (κ1) is 17.8. The summed E-state index contributed by atoms with van der Waals surface area (Å²) >= 11 is 3.24. The zero-order chi connectivity index (χ0) is 18.0. The van der Waals surface area contributed by atoms with Gasteiger partial charge in [0.1, 0.15) is 11.6 Å². The number of hydrogen-bond donors (Lipinski definition) is 0. The second-order valence-electron chi connectivity index (χ2n) is 6.11. The molecule has 1 aromatic heterocycles. The minimum Gasteiger partial charge on any atom is -0.480 e. The van der Waals surface area contributed by atoms with E-state index in [4.69, 9.17) is 9.26 Å². The Balaban J connectivity index is 1.56. The molecule has 1 aliphatic heterocycles. The number of hydrogen-bond acceptors (Lipinski definition) is 5. The summed E-state index contributed by atoms with van der Waals surface area (Å²) in [5.74, 6) is 1.45. The summed E-state index contributed by atoms with van der Waals surface area (Å²) in [5.41, 5.74) is 0. The summed E-state index contributed by atoms with van der Waals surface area (Å²) in [6.45, 7) is 4.72. The van der Waals surface area contributed by atoms with Crippen LogP contribution in [0.3, 0.4) is 0 Å². The molecule has 2 aromatic rings. The number of aromatic nitrogens is 2. The Hall–Kier alpha value is -1.96. The van der Waals surface area contributed by atoms with Crippen molar-refractivity contribution in [3.8, 4) is 5.75 Å². The number of carbonyl (C=O) groups excluding carboxylic acids is 1. The van der Waals surface area contributed by atoms with Crippen LogP contribution in [-0.4, -0.2) is 40.1 Å². The van der Waals surface area contributed by atoms with Gasteiger partial charge >= 0.3 is 0 Å². The van der Waals surface area contributed by atoms with E-state index < -0.39 is 6.10 Å². The normalized spacial score (nSPS) is 16.7. The zero-order valence-electron chi connectivity index (χ0n) is 14.0. The zero-order valence-corrected chi connectivity index (χ0v) is 15.6. The average molecular weight is 412 g/mol. The number of benzene rings is 1. The number of rotatable bonds is 4. The summed E-state index contributed by atoms with van der Waals surface area (Å²) in [6.07, 6.45) is 0.907. The highest BCUT2D eigenvalue weighted by Crippen LogP contribution is 2.29. The Labute approximate surface area is 153 Å². The van der Waals surface area contributed by atoms with Crippen LogP contribution in [0, 0.1) is 12.7 Å². The molecule has 3 rings (SSSR count). The van der Waals surface area contributed by atoms with Gasteiger partial charge in [-0.15, -0.1) is 0 Å². The molecular weight excluding hydrogens is 393 g/mol. The number of carbonyl (C=O) groups is 1. The monoisotopic (exact) mass is 411 g/mol. The Morgan fingerprint density at radius 1 is 1.44 bits per heavy atom. The van der Waals surface area contributed by atoms with Gasteiger partial charge in [0.15, 0.2) is 11.9 Å². The highest BCUT2D eigenvalue weighted by atomic mass is 79.9. The van der Waals surface area contributed by atoms with E-state index >= 15 is 0 Å². The molecule has 0 aliphatic carbocycles. The number of halogens is 2. The lowest BCUT2D eigenvalue weighted by atomic mass is 9.96. The van der Waals surface area contributed by atoms with Crippen LogP contribution in [0.4, 0.5) is 4.39 Å². The van der Waals surface area contributed by atoms with Crippen molar-refractivity contribution in [2.75, 3.05) is 13.1 Å². The van der Waals surface area contributed by atoms with Gasteiger partial charge in [-0.2, -0.15) is 4.98 Å². The number of nitrogens with zero attached hydrogens (tertiary/aromatic N) is 3. The molecule has 1 fully saturated rings. The summed E-state index contributed by atoms with van der Waals surface area (Å²) in [6, 6.07) is 4.12. The number of likely N-dealkylation sites (tertiary alicyclic amines) is 1. The fraction of sp³-hybridized carbons (Fsp3) is 0.471. The second kappa shape index (κ2) is 7.51. The molecule has 1 amide bonds. The molecule has 0 bridgehead atoms. The number of amides is 1. The lowest BCUT2D eigenvalue weighted by Crippen LogP contribution is -2.44. The van der Waals surface area contributed by atoms with Crippen molar-refractivity contribution in [3.05, 3.63) is 40.2 Å². The van der Waals surface area contributed by atoms with Gasteiger partial charge in [0, 0.05) is 19.0 Å². The fourth-order valence-electron chi connectivity index (χ4n) is 2.89. The predicted molar refractivity (Wildman–Crippen MR) is 91.8 cm³/mol. The van der Waals surface area contributed by atoms with Crippen molar-refractivity contribution in [1.29, 1.82) is 0 Å². The third-order valence-corrected chi connectivity index (χ3v) is 4.86. The Bertz CT molecular complexity index is 759. The summed E-state index contributed by atoms with van der Waals surface area (Å²) < 4.78 is 24.5. The quantitative estimate of drug-likeness (QED) is 0.770. The van der Waals surface area contributed by atoms with Gasteiger partial charge in [0.2, 0.25) is 5.89 Å². The molecule has 6 nitrogen and oxygen atoms in total. The molecule has 2 heterocycles. The van der Waals surface area contributed by atoms with Crippen LogP contribution in [0.15, 0.2) is 27.2 Å². The van der Waals surface area contributed by atoms with Gasteiger partial charge in [-0.3, -0.25) is 4.79 Å². The van der Waals surface area contributed by atoms with E-state index in [9.17, 15) is 9.18 Å². The van der Waals surface area contributed by atoms with E-state index in [1.807, 2.05) is 0 Å². The first-order chi connectivity index (χ1) is 11.9. The standard InChI is InChI=1S/C17H19BrFN3O3/c1-10(24-15-4-3-13(19)9-14(15)18)17(23)22-7-5-12(6-8-22)16-20-11(2)21-25-16/h3-4,9-10,12H,5-8H2,1-2H3. The van der Waals surface area contributed by atoms with Crippen LogP contribution in [0.2, 0.25) is 0 Å². The van der Waals surface area contributed by atoms with Crippen LogP contribution >= 0.6 is 15.9 Å². The Kier molecular flexibility index (Phi) is 5.36. The molecular formula is C17H19BrFN3O3. The van der Waals surface area contributed by atoms with Crippen LogP contribution in [0.5, 0.6) is 5.75 Å². The van der Waals surface area contributed by atoms with Gasteiger partial charge in [0.05, 0.1) is 4.47 Å². The maximum Gasteiger partial charge on any atom is 0.263 e. The predicted octanol–water partition coefficient (Wildman–Crippen LogP) is 3.45. The van der Waals surface area contributed by atoms with Gasteiger partial charge in [0.25, 0.3) is 5.91 Å². The fourth-order valence-corrected chi connectivity index (χ4v) is 3.34. The Morgan fingerprint density at radius 2 is 2.16 bits per heavy atom. The van der Waals surface area contributed by atoms with Crippen molar-refractivity contribution in [3.63, 3.8) is 0 Å². The summed E-state index contributed by atoms with van der Waals surface area (Å²) in [4.78, 5) is 18.6. The topological polar surface area (TPSA) is 68.5 Å². The van der Waals surface area contributed by atoms with Gasteiger partial charge in [-0.1, -0.05) is 5.16 Å². The van der Waals surface area contributed by atoms with Crippen LogP contribution in [-0.2, 0) is 4.79 Å². The minimum absolute atomic E-state index is 0.0867. The molecule has 0 spiro atoms. The molecule has 0 N–H and O–H groups in total. The van der Waals surface area contributed by atoms with Crippen molar-refractivity contribution in [2.24, 2.45) is 0 Å². The maximum absolute atomic E-state index is 13.1. The van der Waals surface area contributed by atoms with Crippen molar-refractivity contribution in [1.82, 2.24) is 15.0 Å². The molecule has 8 heteroatoms. The number of ether oxygens (including phenoxy) is 1. The van der Waals surface area contributed by atoms with Gasteiger partial charge in [-0.05, 0) is 60.8 Å². The molecule has 1 aliphatic rings.